The van der Waals surface area contributed by atoms with Crippen molar-refractivity contribution in [2.24, 2.45) is 0 Å². The van der Waals surface area contributed by atoms with E-state index in [4.69, 9.17) is 23.2 Å². The molecule has 0 aliphatic carbocycles. The second kappa shape index (κ2) is 9.25. The van der Waals surface area contributed by atoms with Gasteiger partial charge in [-0.3, -0.25) is 9.59 Å². The number of carbonyl (C=O) groups excluding carboxylic acids is 2. The molecule has 1 N–H and O–H groups in total. The normalized spacial score (nSPS) is 16.4. The van der Waals surface area contributed by atoms with E-state index in [1.54, 1.807) is 12.1 Å². The van der Waals surface area contributed by atoms with Crippen LogP contribution in [0.3, 0.4) is 0 Å². The molecule has 142 valence electrons. The molecule has 1 aliphatic heterocycles. The third kappa shape index (κ3) is 5.24. The molecular weight excluding hydrogens is 383 g/mol. The van der Waals surface area contributed by atoms with Gasteiger partial charge in [0.2, 0.25) is 5.91 Å². The lowest BCUT2D eigenvalue weighted by Crippen LogP contribution is -2.42. The van der Waals surface area contributed by atoms with Crippen LogP contribution >= 0.6 is 23.2 Å². The Hall–Kier alpha value is -2.04. The fraction of sp³-hybridized carbons (Fsp3) is 0.333. The molecule has 2 aromatic carbocycles. The lowest BCUT2D eigenvalue weighted by Gasteiger charge is -2.25. The maximum absolute atomic E-state index is 12.6. The van der Waals surface area contributed by atoms with Crippen LogP contribution in [0.25, 0.3) is 0 Å². The SMILES string of the molecule is O=C(NCC(=O)N1CCCC1CCc1ccccc1)c1ccc(Cl)cc1Cl. The van der Waals surface area contributed by atoms with Crippen molar-refractivity contribution >= 4 is 35.0 Å². The second-order valence-electron chi connectivity index (χ2n) is 6.71. The first-order chi connectivity index (χ1) is 13.0. The van der Waals surface area contributed by atoms with Crippen molar-refractivity contribution in [2.75, 3.05) is 13.1 Å². The van der Waals surface area contributed by atoms with Crippen LogP contribution in [0.1, 0.15) is 35.2 Å². The largest absolute Gasteiger partial charge is 0.343 e. The minimum atomic E-state index is -0.370. The molecule has 1 saturated heterocycles. The Morgan fingerprint density at radius 2 is 1.89 bits per heavy atom. The Balaban J connectivity index is 1.52. The lowest BCUT2D eigenvalue weighted by atomic mass is 10.0. The molecule has 1 unspecified atom stereocenters. The maximum Gasteiger partial charge on any atom is 0.253 e. The molecule has 0 saturated carbocycles. The Kier molecular flexibility index (Phi) is 6.75. The number of amides is 2. The summed E-state index contributed by atoms with van der Waals surface area (Å²) in [6.07, 6.45) is 3.90. The summed E-state index contributed by atoms with van der Waals surface area (Å²) >= 11 is 11.9. The van der Waals surface area contributed by atoms with E-state index in [0.29, 0.717) is 10.6 Å². The van der Waals surface area contributed by atoms with Crippen molar-refractivity contribution in [3.63, 3.8) is 0 Å². The molecule has 0 aromatic heterocycles. The monoisotopic (exact) mass is 404 g/mol. The van der Waals surface area contributed by atoms with Gasteiger partial charge in [0.1, 0.15) is 0 Å². The number of nitrogens with one attached hydrogen (secondary N) is 1. The van der Waals surface area contributed by atoms with Crippen molar-refractivity contribution < 1.29 is 9.59 Å². The third-order valence-electron chi connectivity index (χ3n) is 4.88. The summed E-state index contributed by atoms with van der Waals surface area (Å²) < 4.78 is 0. The van der Waals surface area contributed by atoms with Crippen LogP contribution < -0.4 is 5.32 Å². The molecule has 1 heterocycles. The molecule has 1 fully saturated rings. The van der Waals surface area contributed by atoms with Crippen LogP contribution in [0.15, 0.2) is 48.5 Å². The number of carbonyl (C=O) groups is 2. The predicted octanol–water partition coefficient (Wildman–Crippen LogP) is 4.35. The van der Waals surface area contributed by atoms with Gasteiger partial charge in [0.25, 0.3) is 5.91 Å². The van der Waals surface area contributed by atoms with E-state index in [1.165, 1.54) is 11.6 Å². The van der Waals surface area contributed by atoms with Crippen LogP contribution in [0.5, 0.6) is 0 Å². The van der Waals surface area contributed by atoms with Gasteiger partial charge in [0.05, 0.1) is 17.1 Å². The zero-order chi connectivity index (χ0) is 19.2. The smallest absolute Gasteiger partial charge is 0.253 e. The molecular formula is C21H22Cl2N2O2. The number of benzene rings is 2. The van der Waals surface area contributed by atoms with E-state index in [2.05, 4.69) is 17.4 Å². The minimum absolute atomic E-state index is 0.0281. The Labute approximate surface area is 169 Å². The number of hydrogen-bond donors (Lipinski definition) is 1. The van der Waals surface area contributed by atoms with Gasteiger partial charge in [-0.1, -0.05) is 53.5 Å². The molecule has 1 atom stereocenters. The summed E-state index contributed by atoms with van der Waals surface area (Å²) in [6, 6.07) is 15.2. The number of halogens is 2. The maximum atomic E-state index is 12.6. The standard InChI is InChI=1S/C21H22Cl2N2O2/c22-16-9-11-18(19(23)13-16)21(27)24-14-20(26)25-12-4-7-17(25)10-8-15-5-2-1-3-6-15/h1-3,5-6,9,11,13,17H,4,7-8,10,12,14H2,(H,24,27). The van der Waals surface area contributed by atoms with E-state index in [9.17, 15) is 9.59 Å². The molecule has 27 heavy (non-hydrogen) atoms. The van der Waals surface area contributed by atoms with E-state index < -0.39 is 0 Å². The first kappa shape index (κ1) is 19.7. The fourth-order valence-electron chi connectivity index (χ4n) is 3.47. The molecule has 4 nitrogen and oxygen atoms in total. The highest BCUT2D eigenvalue weighted by Crippen LogP contribution is 2.23. The zero-order valence-electron chi connectivity index (χ0n) is 15.0. The Bertz CT molecular complexity index is 811. The van der Waals surface area contributed by atoms with Gasteiger partial charge < -0.3 is 10.2 Å². The van der Waals surface area contributed by atoms with Gasteiger partial charge in [0, 0.05) is 17.6 Å². The van der Waals surface area contributed by atoms with Gasteiger partial charge >= 0.3 is 0 Å². The van der Waals surface area contributed by atoms with E-state index in [0.717, 1.165) is 32.2 Å². The van der Waals surface area contributed by atoms with Crippen molar-refractivity contribution in [2.45, 2.75) is 31.7 Å². The fourth-order valence-corrected chi connectivity index (χ4v) is 3.96. The number of aryl methyl sites for hydroxylation is 1. The lowest BCUT2D eigenvalue weighted by molar-refractivity contribution is -0.131. The van der Waals surface area contributed by atoms with Crippen molar-refractivity contribution in [3.8, 4) is 0 Å². The summed E-state index contributed by atoms with van der Waals surface area (Å²) in [5, 5.41) is 3.41. The molecule has 2 amide bonds. The molecule has 2 aromatic rings. The number of nitrogens with zero attached hydrogens (tertiary/aromatic N) is 1. The van der Waals surface area contributed by atoms with Gasteiger partial charge in [-0.25, -0.2) is 0 Å². The second-order valence-corrected chi connectivity index (χ2v) is 7.56. The number of likely N-dealkylation sites (tertiary alicyclic amines) is 1. The molecule has 0 radical (unpaired) electrons. The van der Waals surface area contributed by atoms with Crippen molar-refractivity contribution in [3.05, 3.63) is 69.7 Å². The summed E-state index contributed by atoms with van der Waals surface area (Å²) in [6.45, 7) is 0.718. The summed E-state index contributed by atoms with van der Waals surface area (Å²) in [5.41, 5.74) is 1.60. The Morgan fingerprint density at radius 1 is 1.11 bits per heavy atom. The van der Waals surface area contributed by atoms with Crippen molar-refractivity contribution in [1.29, 1.82) is 0 Å². The van der Waals surface area contributed by atoms with E-state index >= 15 is 0 Å². The Morgan fingerprint density at radius 3 is 2.63 bits per heavy atom. The molecule has 0 spiro atoms. The third-order valence-corrected chi connectivity index (χ3v) is 5.43. The molecule has 0 bridgehead atoms. The quantitative estimate of drug-likeness (QED) is 0.777. The van der Waals surface area contributed by atoms with Crippen molar-refractivity contribution in [1.82, 2.24) is 10.2 Å². The number of hydrogen-bond acceptors (Lipinski definition) is 2. The summed E-state index contributed by atoms with van der Waals surface area (Å²) in [5.74, 6) is -0.422. The summed E-state index contributed by atoms with van der Waals surface area (Å²) in [7, 11) is 0. The predicted molar refractivity (Wildman–Crippen MR) is 108 cm³/mol. The van der Waals surface area contributed by atoms with Gasteiger partial charge in [-0.15, -0.1) is 0 Å². The highest BCUT2D eigenvalue weighted by atomic mass is 35.5. The average Bonchev–Trinajstić information content (AvgIpc) is 3.14. The topological polar surface area (TPSA) is 49.4 Å². The number of rotatable bonds is 6. The molecule has 6 heteroatoms. The zero-order valence-corrected chi connectivity index (χ0v) is 16.5. The van der Waals surface area contributed by atoms with Crippen LogP contribution in [0.2, 0.25) is 10.0 Å². The van der Waals surface area contributed by atoms with E-state index in [1.807, 2.05) is 23.1 Å². The van der Waals surface area contributed by atoms with E-state index in [-0.39, 0.29) is 29.4 Å². The minimum Gasteiger partial charge on any atom is -0.343 e. The summed E-state index contributed by atoms with van der Waals surface area (Å²) in [4.78, 5) is 26.8. The molecule has 3 rings (SSSR count). The van der Waals surface area contributed by atoms with Crippen LogP contribution in [-0.2, 0) is 11.2 Å². The first-order valence-corrected chi connectivity index (χ1v) is 9.87. The van der Waals surface area contributed by atoms with Gasteiger partial charge in [-0.05, 0) is 49.4 Å². The van der Waals surface area contributed by atoms with Crippen LogP contribution in [0, 0.1) is 0 Å². The van der Waals surface area contributed by atoms with Gasteiger partial charge in [0.15, 0.2) is 0 Å². The first-order valence-electron chi connectivity index (χ1n) is 9.11. The highest BCUT2D eigenvalue weighted by molar-refractivity contribution is 6.36. The van der Waals surface area contributed by atoms with Crippen LogP contribution in [-0.4, -0.2) is 35.8 Å². The molecule has 1 aliphatic rings. The van der Waals surface area contributed by atoms with Gasteiger partial charge in [-0.2, -0.15) is 0 Å². The van der Waals surface area contributed by atoms with Crippen LogP contribution in [0.4, 0.5) is 0 Å². The highest BCUT2D eigenvalue weighted by Gasteiger charge is 2.28. The average molecular weight is 405 g/mol.